The highest BCUT2D eigenvalue weighted by Crippen LogP contribution is 2.41. The zero-order chi connectivity index (χ0) is 18.0. The van der Waals surface area contributed by atoms with E-state index in [1.54, 1.807) is 24.3 Å². The summed E-state index contributed by atoms with van der Waals surface area (Å²) in [6.45, 7) is 0. The normalized spacial score (nSPS) is 19.1. The van der Waals surface area contributed by atoms with Crippen LogP contribution < -0.4 is 9.47 Å². The van der Waals surface area contributed by atoms with Crippen molar-refractivity contribution in [1.29, 1.82) is 0 Å². The van der Waals surface area contributed by atoms with Gasteiger partial charge in [-0.05, 0) is 18.2 Å². The van der Waals surface area contributed by atoms with E-state index in [4.69, 9.17) is 25.8 Å². The van der Waals surface area contributed by atoms with Crippen molar-refractivity contribution in [3.8, 4) is 11.5 Å². The lowest BCUT2D eigenvalue weighted by molar-refractivity contribution is -0.140. The molecule has 25 heavy (non-hydrogen) atoms. The van der Waals surface area contributed by atoms with Gasteiger partial charge in [-0.1, -0.05) is 29.8 Å². The standard InChI is InChI=1S/C18H16ClNO5/c1-23-13-8-11(12(19)9-14(13)24-2)16-15(18(21)22)20-17(25-16)10-6-4-3-5-7-10/h3-9,15-16H,1-2H3,(H,21,22). The summed E-state index contributed by atoms with van der Waals surface area (Å²) in [6, 6.07) is 11.2. The Morgan fingerprint density at radius 3 is 2.40 bits per heavy atom. The molecule has 3 rings (SSSR count). The molecule has 0 fully saturated rings. The number of ether oxygens (including phenoxy) is 3. The summed E-state index contributed by atoms with van der Waals surface area (Å²) in [5.74, 6) is 0.0544. The fraction of sp³-hybridized carbons (Fsp3) is 0.222. The topological polar surface area (TPSA) is 77.4 Å². The molecular weight excluding hydrogens is 346 g/mol. The molecule has 2 aromatic rings. The molecule has 2 aromatic carbocycles. The van der Waals surface area contributed by atoms with E-state index >= 15 is 0 Å². The first-order valence-corrected chi connectivity index (χ1v) is 7.87. The van der Waals surface area contributed by atoms with Gasteiger partial charge >= 0.3 is 5.97 Å². The van der Waals surface area contributed by atoms with Gasteiger partial charge < -0.3 is 19.3 Å². The maximum Gasteiger partial charge on any atom is 0.332 e. The van der Waals surface area contributed by atoms with E-state index in [0.717, 1.165) is 0 Å². The predicted molar refractivity (Wildman–Crippen MR) is 92.8 cm³/mol. The van der Waals surface area contributed by atoms with Crippen LogP contribution in [0.1, 0.15) is 17.2 Å². The van der Waals surface area contributed by atoms with E-state index in [1.165, 1.54) is 14.2 Å². The molecule has 0 saturated carbocycles. The van der Waals surface area contributed by atoms with Crippen molar-refractivity contribution in [2.24, 2.45) is 4.99 Å². The Bertz CT molecular complexity index is 822. The lowest BCUT2D eigenvalue weighted by Gasteiger charge is -2.19. The van der Waals surface area contributed by atoms with Gasteiger partial charge in [-0.2, -0.15) is 0 Å². The maximum atomic E-state index is 11.7. The molecule has 0 aliphatic carbocycles. The summed E-state index contributed by atoms with van der Waals surface area (Å²) in [7, 11) is 2.99. The predicted octanol–water partition coefficient (Wildman–Crippen LogP) is 3.33. The van der Waals surface area contributed by atoms with Crippen molar-refractivity contribution in [3.05, 3.63) is 58.6 Å². The highest BCUT2D eigenvalue weighted by molar-refractivity contribution is 6.31. The van der Waals surface area contributed by atoms with Crippen LogP contribution in [0.25, 0.3) is 0 Å². The molecule has 7 heteroatoms. The Hall–Kier alpha value is -2.73. The summed E-state index contributed by atoms with van der Waals surface area (Å²) in [5.41, 5.74) is 1.18. The molecule has 0 saturated heterocycles. The van der Waals surface area contributed by atoms with Crippen molar-refractivity contribution < 1.29 is 24.1 Å². The number of nitrogens with zero attached hydrogens (tertiary/aromatic N) is 1. The van der Waals surface area contributed by atoms with Gasteiger partial charge in [0.2, 0.25) is 5.90 Å². The van der Waals surface area contributed by atoms with Gasteiger partial charge in [-0.15, -0.1) is 0 Å². The smallest absolute Gasteiger partial charge is 0.332 e. The Morgan fingerprint density at radius 2 is 1.80 bits per heavy atom. The SMILES string of the molecule is COc1cc(Cl)c(C2OC(c3ccccc3)=NC2C(=O)O)cc1OC. The molecule has 1 aliphatic heterocycles. The zero-order valence-electron chi connectivity index (χ0n) is 13.6. The van der Waals surface area contributed by atoms with Crippen LogP contribution in [0.5, 0.6) is 11.5 Å². The monoisotopic (exact) mass is 361 g/mol. The largest absolute Gasteiger partial charge is 0.493 e. The van der Waals surface area contributed by atoms with E-state index in [-0.39, 0.29) is 5.90 Å². The van der Waals surface area contributed by atoms with Crippen LogP contribution in [0.15, 0.2) is 47.5 Å². The third kappa shape index (κ3) is 3.25. The van der Waals surface area contributed by atoms with E-state index < -0.39 is 18.1 Å². The van der Waals surface area contributed by atoms with Crippen LogP contribution in [-0.4, -0.2) is 37.2 Å². The van der Waals surface area contributed by atoms with Gasteiger partial charge in [0.1, 0.15) is 0 Å². The number of methoxy groups -OCH3 is 2. The number of aliphatic imine (C=N–C) groups is 1. The molecule has 0 amide bonds. The quantitative estimate of drug-likeness (QED) is 0.883. The summed E-state index contributed by atoms with van der Waals surface area (Å²) in [5, 5.41) is 9.86. The van der Waals surface area contributed by atoms with E-state index in [1.807, 2.05) is 18.2 Å². The molecule has 0 bridgehead atoms. The Labute approximate surface area is 149 Å². The Kier molecular flexibility index (Phi) is 4.81. The third-order valence-corrected chi connectivity index (χ3v) is 4.19. The fourth-order valence-corrected chi connectivity index (χ4v) is 2.90. The maximum absolute atomic E-state index is 11.7. The molecule has 130 valence electrons. The number of halogens is 1. The lowest BCUT2D eigenvalue weighted by atomic mass is 10.0. The summed E-state index contributed by atoms with van der Waals surface area (Å²) < 4.78 is 16.3. The van der Waals surface area contributed by atoms with Gasteiger partial charge in [0.05, 0.1) is 19.2 Å². The number of rotatable bonds is 5. The van der Waals surface area contributed by atoms with E-state index in [9.17, 15) is 9.90 Å². The lowest BCUT2D eigenvalue weighted by Crippen LogP contribution is -2.23. The average Bonchev–Trinajstić information content (AvgIpc) is 3.07. The number of carboxylic acids is 1. The first-order chi connectivity index (χ1) is 12.0. The van der Waals surface area contributed by atoms with Crippen molar-refractivity contribution >= 4 is 23.5 Å². The number of hydrogen-bond acceptors (Lipinski definition) is 5. The molecule has 6 nitrogen and oxygen atoms in total. The minimum Gasteiger partial charge on any atom is -0.493 e. The third-order valence-electron chi connectivity index (χ3n) is 3.86. The number of aliphatic carboxylic acids is 1. The molecule has 1 N–H and O–H groups in total. The van der Waals surface area contributed by atoms with Gasteiger partial charge in [0, 0.05) is 17.2 Å². The number of hydrogen-bond donors (Lipinski definition) is 1. The highest BCUT2D eigenvalue weighted by Gasteiger charge is 2.39. The van der Waals surface area contributed by atoms with Crippen molar-refractivity contribution in [2.75, 3.05) is 14.2 Å². The molecule has 0 radical (unpaired) electrons. The molecule has 1 heterocycles. The zero-order valence-corrected chi connectivity index (χ0v) is 14.4. The number of carboxylic acid groups (broad SMARTS) is 1. The van der Waals surface area contributed by atoms with Crippen LogP contribution in [0.4, 0.5) is 0 Å². The van der Waals surface area contributed by atoms with Gasteiger partial charge in [0.15, 0.2) is 23.6 Å². The van der Waals surface area contributed by atoms with Crippen LogP contribution in [-0.2, 0) is 9.53 Å². The fourth-order valence-electron chi connectivity index (χ4n) is 2.64. The minimum atomic E-state index is -1.11. The van der Waals surface area contributed by atoms with Crippen molar-refractivity contribution in [2.45, 2.75) is 12.1 Å². The Morgan fingerprint density at radius 1 is 1.16 bits per heavy atom. The second-order valence-corrected chi connectivity index (χ2v) is 5.76. The van der Waals surface area contributed by atoms with Crippen LogP contribution >= 0.6 is 11.6 Å². The average molecular weight is 362 g/mol. The number of benzene rings is 2. The first kappa shape index (κ1) is 17.1. The van der Waals surface area contributed by atoms with Crippen LogP contribution in [0.3, 0.4) is 0 Å². The minimum absolute atomic E-state index is 0.267. The van der Waals surface area contributed by atoms with Gasteiger partial charge in [-0.25, -0.2) is 9.79 Å². The molecule has 2 unspecified atom stereocenters. The van der Waals surface area contributed by atoms with Gasteiger partial charge in [0.25, 0.3) is 0 Å². The summed E-state index contributed by atoms with van der Waals surface area (Å²) in [4.78, 5) is 15.9. The summed E-state index contributed by atoms with van der Waals surface area (Å²) >= 11 is 6.32. The van der Waals surface area contributed by atoms with Crippen LogP contribution in [0, 0.1) is 0 Å². The van der Waals surface area contributed by atoms with E-state index in [2.05, 4.69) is 4.99 Å². The van der Waals surface area contributed by atoms with Crippen molar-refractivity contribution in [1.82, 2.24) is 0 Å². The molecular formula is C18H16ClNO5. The number of carbonyl (C=O) groups is 1. The van der Waals surface area contributed by atoms with Crippen molar-refractivity contribution in [3.63, 3.8) is 0 Å². The highest BCUT2D eigenvalue weighted by atomic mass is 35.5. The summed E-state index contributed by atoms with van der Waals surface area (Å²) in [6.07, 6.45) is -0.861. The molecule has 2 atom stereocenters. The second kappa shape index (κ2) is 7.03. The Balaban J connectivity index is 2.01. The molecule has 0 aromatic heterocycles. The first-order valence-electron chi connectivity index (χ1n) is 7.49. The molecule has 0 spiro atoms. The second-order valence-electron chi connectivity index (χ2n) is 5.35. The van der Waals surface area contributed by atoms with E-state index in [0.29, 0.717) is 27.6 Å². The van der Waals surface area contributed by atoms with Crippen LogP contribution in [0.2, 0.25) is 5.02 Å². The van der Waals surface area contributed by atoms with Gasteiger partial charge in [-0.3, -0.25) is 0 Å². The molecule has 1 aliphatic rings.